The lowest BCUT2D eigenvalue weighted by atomic mass is 9.93. The Bertz CT molecular complexity index is 1790. The summed E-state index contributed by atoms with van der Waals surface area (Å²) in [5, 5.41) is 18.1. The Balaban J connectivity index is 1.48. The second-order valence-electron chi connectivity index (χ2n) is 10.8. The van der Waals surface area contributed by atoms with Crippen molar-refractivity contribution in [1.29, 1.82) is 0 Å². The number of benzene rings is 2. The Morgan fingerprint density at radius 1 is 1.05 bits per heavy atom. The van der Waals surface area contributed by atoms with Crippen molar-refractivity contribution in [2.45, 2.75) is 47.0 Å². The van der Waals surface area contributed by atoms with Crippen molar-refractivity contribution in [2.75, 3.05) is 11.9 Å². The molecule has 2 aromatic heterocycles. The number of anilines is 1. The highest BCUT2D eigenvalue weighted by Gasteiger charge is 2.31. The van der Waals surface area contributed by atoms with Crippen LogP contribution in [-0.4, -0.2) is 38.4 Å². The maximum atomic E-state index is 13.8. The number of carbonyl (C=O) groups is 2. The SMILES string of the molecule is Cc1cc(OCCCC2=C(C(=O)Nc3cc(C(=O)O)ccn3)Cc3c2ccc(Cl)c3-c2c(C)nn(C)c2C)cc(C)c1Cl. The van der Waals surface area contributed by atoms with Crippen LogP contribution in [0.5, 0.6) is 5.75 Å². The number of hydrogen-bond acceptors (Lipinski definition) is 5. The van der Waals surface area contributed by atoms with Gasteiger partial charge in [0.2, 0.25) is 0 Å². The van der Waals surface area contributed by atoms with E-state index in [1.54, 1.807) is 0 Å². The van der Waals surface area contributed by atoms with Gasteiger partial charge in [-0.15, -0.1) is 0 Å². The topological polar surface area (TPSA) is 106 Å². The van der Waals surface area contributed by atoms with Crippen molar-refractivity contribution in [3.63, 3.8) is 0 Å². The fourth-order valence-corrected chi connectivity index (χ4v) is 6.07. The number of ether oxygens (including phenoxy) is 1. The van der Waals surface area contributed by atoms with Crippen LogP contribution >= 0.6 is 23.2 Å². The number of nitrogens with one attached hydrogen (secondary N) is 1. The smallest absolute Gasteiger partial charge is 0.335 e. The quantitative estimate of drug-likeness (QED) is 0.188. The van der Waals surface area contributed by atoms with Gasteiger partial charge in [-0.05, 0) is 98.7 Å². The van der Waals surface area contributed by atoms with Crippen molar-refractivity contribution < 1.29 is 19.4 Å². The number of allylic oxidation sites excluding steroid dienone is 1. The predicted molar refractivity (Wildman–Crippen MR) is 169 cm³/mol. The van der Waals surface area contributed by atoms with Crippen molar-refractivity contribution in [1.82, 2.24) is 14.8 Å². The molecule has 0 atom stereocenters. The van der Waals surface area contributed by atoms with Gasteiger partial charge in [-0.3, -0.25) is 9.48 Å². The Kier molecular flexibility index (Phi) is 8.62. The third kappa shape index (κ3) is 6.03. The first-order valence-electron chi connectivity index (χ1n) is 13.9. The molecule has 0 spiro atoms. The number of rotatable bonds is 9. The van der Waals surface area contributed by atoms with Gasteiger partial charge >= 0.3 is 5.97 Å². The van der Waals surface area contributed by atoms with Crippen LogP contribution in [0, 0.1) is 27.7 Å². The number of hydrogen-bond donors (Lipinski definition) is 2. The van der Waals surface area contributed by atoms with Gasteiger partial charge in [0.1, 0.15) is 11.6 Å². The molecule has 1 amide bonds. The van der Waals surface area contributed by atoms with Gasteiger partial charge in [-0.2, -0.15) is 5.10 Å². The number of aryl methyl sites for hydroxylation is 4. The largest absolute Gasteiger partial charge is 0.494 e. The molecule has 0 bridgehead atoms. The first-order chi connectivity index (χ1) is 20.5. The van der Waals surface area contributed by atoms with E-state index in [9.17, 15) is 14.7 Å². The lowest BCUT2D eigenvalue weighted by molar-refractivity contribution is -0.112. The number of pyridine rings is 1. The summed E-state index contributed by atoms with van der Waals surface area (Å²) in [6.45, 7) is 8.29. The highest BCUT2D eigenvalue weighted by molar-refractivity contribution is 6.34. The molecule has 0 saturated carbocycles. The zero-order valence-corrected chi connectivity index (χ0v) is 26.2. The van der Waals surface area contributed by atoms with E-state index in [0.29, 0.717) is 36.5 Å². The third-order valence-corrected chi connectivity index (χ3v) is 8.75. The van der Waals surface area contributed by atoms with Crippen LogP contribution in [0.1, 0.15) is 56.8 Å². The first-order valence-corrected chi connectivity index (χ1v) is 14.7. The van der Waals surface area contributed by atoms with Gasteiger partial charge in [-0.1, -0.05) is 29.3 Å². The van der Waals surface area contributed by atoms with Crippen LogP contribution in [0.15, 0.2) is 48.2 Å². The Hall–Kier alpha value is -4.14. The molecule has 1 aliphatic rings. The lowest BCUT2D eigenvalue weighted by Crippen LogP contribution is -2.17. The van der Waals surface area contributed by atoms with Crippen LogP contribution < -0.4 is 10.1 Å². The van der Waals surface area contributed by atoms with Crippen molar-refractivity contribution in [3.05, 3.63) is 97.4 Å². The first kappa shape index (κ1) is 30.3. The number of aromatic nitrogens is 3. The van der Waals surface area contributed by atoms with E-state index in [-0.39, 0.29) is 17.3 Å². The van der Waals surface area contributed by atoms with Crippen LogP contribution in [0.3, 0.4) is 0 Å². The van der Waals surface area contributed by atoms with E-state index >= 15 is 0 Å². The monoisotopic (exact) mass is 618 g/mol. The average molecular weight is 620 g/mol. The van der Waals surface area contributed by atoms with Crippen LogP contribution in [0.25, 0.3) is 16.7 Å². The maximum Gasteiger partial charge on any atom is 0.335 e. The molecular formula is C33H32Cl2N4O4. The number of amides is 1. The maximum absolute atomic E-state index is 13.8. The number of halogens is 2. The van der Waals surface area contributed by atoms with Crippen molar-refractivity contribution >= 4 is 46.5 Å². The molecule has 2 N–H and O–H groups in total. The second-order valence-corrected chi connectivity index (χ2v) is 11.5. The van der Waals surface area contributed by atoms with Gasteiger partial charge in [-0.25, -0.2) is 9.78 Å². The third-order valence-electron chi connectivity index (χ3n) is 7.84. The molecule has 2 aromatic carbocycles. The average Bonchev–Trinajstić information content (AvgIpc) is 3.45. The molecular weight excluding hydrogens is 587 g/mol. The van der Waals surface area contributed by atoms with Crippen LogP contribution in [0.4, 0.5) is 5.82 Å². The van der Waals surface area contributed by atoms with Crippen molar-refractivity contribution in [2.24, 2.45) is 7.05 Å². The summed E-state index contributed by atoms with van der Waals surface area (Å²) in [6.07, 6.45) is 2.95. The molecule has 8 nitrogen and oxygen atoms in total. The molecule has 0 saturated heterocycles. The Morgan fingerprint density at radius 3 is 2.42 bits per heavy atom. The molecule has 0 aliphatic heterocycles. The number of carboxylic acid groups (broad SMARTS) is 1. The van der Waals surface area contributed by atoms with Gasteiger partial charge in [0, 0.05) is 52.1 Å². The summed E-state index contributed by atoms with van der Waals surface area (Å²) in [4.78, 5) is 29.4. The molecule has 1 aliphatic carbocycles. The summed E-state index contributed by atoms with van der Waals surface area (Å²) in [7, 11) is 1.90. The fraction of sp³-hybridized carbons (Fsp3) is 0.273. The van der Waals surface area contributed by atoms with Crippen LogP contribution in [0.2, 0.25) is 10.0 Å². The minimum absolute atomic E-state index is 0.0376. The van der Waals surface area contributed by atoms with Crippen LogP contribution in [-0.2, 0) is 18.3 Å². The van der Waals surface area contributed by atoms with E-state index in [2.05, 4.69) is 15.4 Å². The fourth-order valence-electron chi connectivity index (χ4n) is 5.69. The van der Waals surface area contributed by atoms with E-state index in [4.69, 9.17) is 27.9 Å². The lowest BCUT2D eigenvalue weighted by Gasteiger charge is -2.14. The number of carbonyl (C=O) groups excluding carboxylic acids is 1. The zero-order chi connectivity index (χ0) is 31.0. The molecule has 222 valence electrons. The number of aromatic carboxylic acids is 1. The number of carboxylic acids is 1. The molecule has 43 heavy (non-hydrogen) atoms. The van der Waals surface area contributed by atoms with Gasteiger partial charge in [0.25, 0.3) is 5.91 Å². The van der Waals surface area contributed by atoms with Gasteiger partial charge in [0.15, 0.2) is 0 Å². The molecule has 0 radical (unpaired) electrons. The summed E-state index contributed by atoms with van der Waals surface area (Å²) < 4.78 is 7.89. The minimum Gasteiger partial charge on any atom is -0.494 e. The predicted octanol–water partition coefficient (Wildman–Crippen LogP) is 7.53. The normalized spacial score (nSPS) is 12.4. The molecule has 4 aromatic rings. The summed E-state index contributed by atoms with van der Waals surface area (Å²) in [6, 6.07) is 10.4. The molecule has 2 heterocycles. The summed E-state index contributed by atoms with van der Waals surface area (Å²) >= 11 is 13.1. The summed E-state index contributed by atoms with van der Waals surface area (Å²) in [5.74, 6) is -0.521. The van der Waals surface area contributed by atoms with E-state index in [0.717, 1.165) is 61.1 Å². The van der Waals surface area contributed by atoms with E-state index in [1.165, 1.54) is 18.3 Å². The zero-order valence-electron chi connectivity index (χ0n) is 24.6. The van der Waals surface area contributed by atoms with E-state index < -0.39 is 5.97 Å². The highest BCUT2D eigenvalue weighted by Crippen LogP contribution is 2.45. The molecule has 0 unspecified atom stereocenters. The summed E-state index contributed by atoms with van der Waals surface area (Å²) in [5.41, 5.74) is 9.00. The Morgan fingerprint density at radius 2 is 1.77 bits per heavy atom. The Labute approximate surface area is 260 Å². The minimum atomic E-state index is -1.10. The molecule has 10 heteroatoms. The number of nitrogens with zero attached hydrogens (tertiary/aromatic N) is 3. The molecule has 0 fully saturated rings. The highest BCUT2D eigenvalue weighted by atomic mass is 35.5. The second kappa shape index (κ2) is 12.2. The van der Waals surface area contributed by atoms with Gasteiger partial charge in [0.05, 0.1) is 17.9 Å². The molecule has 5 rings (SSSR count). The van der Waals surface area contributed by atoms with E-state index in [1.807, 2.05) is 63.7 Å². The van der Waals surface area contributed by atoms with Crippen molar-refractivity contribution in [3.8, 4) is 16.9 Å². The standard InChI is InChI=1S/C33H32Cl2N4O4/c1-17-13-22(14-18(2)31(17)35)43-12-6-7-23-24-8-9-27(34)30(29-19(3)38-39(5)20(29)4)25(24)16-26(23)32(40)37-28-15-21(33(41)42)10-11-36-28/h8-11,13-15H,6-7,12,16H2,1-5H3,(H,41,42)(H,36,37,40). The van der Waals surface area contributed by atoms with Gasteiger partial charge < -0.3 is 15.2 Å². The number of fused-ring (bicyclic) bond motifs is 1.